The lowest BCUT2D eigenvalue weighted by atomic mass is 9.84. The first-order chi connectivity index (χ1) is 15.5. The van der Waals surface area contributed by atoms with Crippen molar-refractivity contribution in [3.05, 3.63) is 29.8 Å². The highest BCUT2D eigenvalue weighted by Crippen LogP contribution is 2.31. The molecule has 0 aliphatic carbocycles. The van der Waals surface area contributed by atoms with Crippen LogP contribution in [0.3, 0.4) is 0 Å². The lowest BCUT2D eigenvalue weighted by Gasteiger charge is -2.50. The van der Waals surface area contributed by atoms with Gasteiger partial charge >= 0.3 is 0 Å². The molecule has 0 bridgehead atoms. The van der Waals surface area contributed by atoms with Crippen LogP contribution in [0.1, 0.15) is 38.5 Å². The van der Waals surface area contributed by atoms with E-state index in [0.29, 0.717) is 12.2 Å². The summed E-state index contributed by atoms with van der Waals surface area (Å²) in [5, 5.41) is 7.17. The first-order valence-corrected chi connectivity index (χ1v) is 12.1. The normalized spacial score (nSPS) is 25.2. The zero-order chi connectivity index (χ0) is 22.6. The lowest BCUT2D eigenvalue weighted by molar-refractivity contribution is 0.0173. The Morgan fingerprint density at radius 1 is 1.09 bits per heavy atom. The van der Waals surface area contributed by atoms with Gasteiger partial charge in [0.05, 0.1) is 5.69 Å². The topological polar surface area (TPSA) is 46.1 Å². The summed E-state index contributed by atoms with van der Waals surface area (Å²) in [4.78, 5) is 11.6. The summed E-state index contributed by atoms with van der Waals surface area (Å²) in [7, 11) is 4.02. The maximum absolute atomic E-state index is 14.2. The molecule has 0 radical (unpaired) electrons. The van der Waals surface area contributed by atoms with Gasteiger partial charge in [-0.1, -0.05) is 6.42 Å². The van der Waals surface area contributed by atoms with Crippen LogP contribution in [0.2, 0.25) is 0 Å². The van der Waals surface area contributed by atoms with Gasteiger partial charge in [-0.2, -0.15) is 0 Å². The fourth-order valence-corrected chi connectivity index (χ4v) is 5.48. The minimum absolute atomic E-state index is 0.175. The lowest BCUT2D eigenvalue weighted by Crippen LogP contribution is -2.62. The average Bonchev–Trinajstić information content (AvgIpc) is 3.26. The summed E-state index contributed by atoms with van der Waals surface area (Å²) in [5.41, 5.74) is 0.651. The van der Waals surface area contributed by atoms with Crippen LogP contribution in [-0.2, 0) is 0 Å². The number of nitrogens with one attached hydrogen (secondary N) is 2. The van der Waals surface area contributed by atoms with Crippen LogP contribution < -0.4 is 15.5 Å². The average molecular weight is 449 g/mol. The van der Waals surface area contributed by atoms with E-state index in [9.17, 15) is 8.78 Å². The van der Waals surface area contributed by atoms with Crippen LogP contribution in [0, 0.1) is 11.6 Å². The smallest absolute Gasteiger partial charge is 0.191 e. The molecule has 3 aliphatic heterocycles. The SMILES string of the molecule is CN=C(NCC1(N2CCCCC2)CCN(C)CC1)NC1CCN(c2ccc(F)cc2F)C1. The molecule has 0 amide bonds. The number of nitrogens with zero attached hydrogens (tertiary/aromatic N) is 4. The minimum atomic E-state index is -0.540. The third-order valence-corrected chi connectivity index (χ3v) is 7.53. The molecule has 2 N–H and O–H groups in total. The maximum atomic E-state index is 14.2. The van der Waals surface area contributed by atoms with Crippen molar-refractivity contribution >= 4 is 11.6 Å². The molecule has 178 valence electrons. The molecule has 6 nitrogen and oxygen atoms in total. The third-order valence-electron chi connectivity index (χ3n) is 7.53. The number of aliphatic imine (C=N–C) groups is 1. The quantitative estimate of drug-likeness (QED) is 0.536. The highest BCUT2D eigenvalue weighted by Gasteiger charge is 2.39. The molecule has 1 atom stereocenters. The van der Waals surface area contributed by atoms with E-state index < -0.39 is 11.6 Å². The minimum Gasteiger partial charge on any atom is -0.367 e. The van der Waals surface area contributed by atoms with E-state index in [0.717, 1.165) is 44.6 Å². The largest absolute Gasteiger partial charge is 0.367 e. The molecule has 32 heavy (non-hydrogen) atoms. The molecule has 3 aliphatic rings. The fraction of sp³-hybridized carbons (Fsp3) is 0.708. The predicted molar refractivity (Wildman–Crippen MR) is 126 cm³/mol. The summed E-state index contributed by atoms with van der Waals surface area (Å²) in [6, 6.07) is 3.98. The Kier molecular flexibility index (Phi) is 7.51. The van der Waals surface area contributed by atoms with Crippen molar-refractivity contribution in [2.45, 2.75) is 50.1 Å². The molecule has 1 aromatic carbocycles. The van der Waals surface area contributed by atoms with Crippen molar-refractivity contribution in [1.82, 2.24) is 20.4 Å². The first kappa shape index (κ1) is 23.2. The van der Waals surface area contributed by atoms with E-state index >= 15 is 0 Å². The van der Waals surface area contributed by atoms with Crippen LogP contribution in [0.15, 0.2) is 23.2 Å². The molecule has 1 unspecified atom stereocenters. The van der Waals surface area contributed by atoms with E-state index in [4.69, 9.17) is 0 Å². The molecule has 0 spiro atoms. The van der Waals surface area contributed by atoms with Gasteiger partial charge in [0, 0.05) is 44.3 Å². The van der Waals surface area contributed by atoms with E-state index in [2.05, 4.69) is 32.5 Å². The van der Waals surface area contributed by atoms with Crippen molar-refractivity contribution in [3.63, 3.8) is 0 Å². The predicted octanol–water partition coefficient (Wildman–Crippen LogP) is 2.66. The molecular formula is C24H38F2N6. The number of piperidine rings is 2. The van der Waals surface area contributed by atoms with E-state index in [-0.39, 0.29) is 11.6 Å². The van der Waals surface area contributed by atoms with Crippen molar-refractivity contribution in [3.8, 4) is 0 Å². The van der Waals surface area contributed by atoms with Gasteiger partial charge in [0.15, 0.2) is 5.96 Å². The van der Waals surface area contributed by atoms with Crippen LogP contribution in [-0.4, -0.2) is 87.2 Å². The maximum Gasteiger partial charge on any atom is 0.191 e. The number of anilines is 1. The number of hydrogen-bond acceptors (Lipinski definition) is 4. The molecule has 1 aromatic rings. The van der Waals surface area contributed by atoms with Gasteiger partial charge in [-0.15, -0.1) is 0 Å². The molecule has 3 heterocycles. The number of benzene rings is 1. The van der Waals surface area contributed by atoms with Gasteiger partial charge in [0.2, 0.25) is 0 Å². The zero-order valence-corrected chi connectivity index (χ0v) is 19.5. The Hall–Kier alpha value is -1.93. The van der Waals surface area contributed by atoms with Crippen molar-refractivity contribution in [1.29, 1.82) is 0 Å². The summed E-state index contributed by atoms with van der Waals surface area (Å²) in [5.74, 6) is -0.230. The van der Waals surface area contributed by atoms with Gasteiger partial charge in [0.25, 0.3) is 0 Å². The van der Waals surface area contributed by atoms with E-state index in [1.807, 2.05) is 11.9 Å². The monoisotopic (exact) mass is 448 g/mol. The molecule has 4 rings (SSSR count). The molecule has 8 heteroatoms. The van der Waals surface area contributed by atoms with Crippen molar-refractivity contribution in [2.75, 3.05) is 64.8 Å². The number of likely N-dealkylation sites (tertiary alicyclic amines) is 2. The Morgan fingerprint density at radius 2 is 1.84 bits per heavy atom. The standard InChI is InChI=1S/C24H38F2N6/c1-27-23(29-20-8-13-31(17-20)22-7-6-19(25)16-21(22)26)28-18-24(9-14-30(2)15-10-24)32-11-4-3-5-12-32/h6-7,16,20H,3-5,8-15,17-18H2,1-2H3,(H2,27,28,29). The van der Waals surface area contributed by atoms with Gasteiger partial charge in [-0.05, 0) is 77.5 Å². The van der Waals surface area contributed by atoms with E-state index in [1.165, 1.54) is 57.3 Å². The summed E-state index contributed by atoms with van der Waals surface area (Å²) in [6.07, 6.45) is 7.17. The summed E-state index contributed by atoms with van der Waals surface area (Å²) >= 11 is 0. The third kappa shape index (κ3) is 5.34. The van der Waals surface area contributed by atoms with Crippen LogP contribution in [0.5, 0.6) is 0 Å². The Balaban J connectivity index is 1.34. The van der Waals surface area contributed by atoms with Gasteiger partial charge < -0.3 is 20.4 Å². The second-order valence-corrected chi connectivity index (χ2v) is 9.67. The number of halogens is 2. The molecule has 3 saturated heterocycles. The van der Waals surface area contributed by atoms with Crippen molar-refractivity contribution < 1.29 is 8.78 Å². The fourth-order valence-electron chi connectivity index (χ4n) is 5.48. The zero-order valence-electron chi connectivity index (χ0n) is 19.5. The van der Waals surface area contributed by atoms with Gasteiger partial charge in [-0.25, -0.2) is 8.78 Å². The highest BCUT2D eigenvalue weighted by atomic mass is 19.1. The second kappa shape index (κ2) is 10.3. The summed E-state index contributed by atoms with van der Waals surface area (Å²) in [6.45, 7) is 6.95. The van der Waals surface area contributed by atoms with Crippen molar-refractivity contribution in [2.24, 2.45) is 4.99 Å². The summed E-state index contributed by atoms with van der Waals surface area (Å²) < 4.78 is 27.4. The Morgan fingerprint density at radius 3 is 2.53 bits per heavy atom. The number of rotatable bonds is 5. The number of guanidine groups is 1. The Labute approximate surface area is 191 Å². The number of hydrogen-bond donors (Lipinski definition) is 2. The molecule has 3 fully saturated rings. The highest BCUT2D eigenvalue weighted by molar-refractivity contribution is 5.80. The molecule has 0 saturated carbocycles. The van der Waals surface area contributed by atoms with Gasteiger partial charge in [-0.3, -0.25) is 9.89 Å². The van der Waals surface area contributed by atoms with Crippen LogP contribution >= 0.6 is 0 Å². The van der Waals surface area contributed by atoms with Gasteiger partial charge in [0.1, 0.15) is 11.6 Å². The second-order valence-electron chi connectivity index (χ2n) is 9.67. The Bertz CT molecular complexity index is 787. The first-order valence-electron chi connectivity index (χ1n) is 12.1. The van der Waals surface area contributed by atoms with E-state index in [1.54, 1.807) is 0 Å². The molecular weight excluding hydrogens is 410 g/mol. The van der Waals surface area contributed by atoms with Crippen LogP contribution in [0.4, 0.5) is 14.5 Å². The molecule has 0 aromatic heterocycles. The van der Waals surface area contributed by atoms with Crippen LogP contribution in [0.25, 0.3) is 0 Å².